The van der Waals surface area contributed by atoms with Gasteiger partial charge in [0.2, 0.25) is 0 Å². The lowest BCUT2D eigenvalue weighted by Crippen LogP contribution is -2.44. The molecule has 5 heteroatoms. The largest absolute Gasteiger partial charge is 0.495 e. The van der Waals surface area contributed by atoms with Gasteiger partial charge in [-0.05, 0) is 37.1 Å². The van der Waals surface area contributed by atoms with Crippen molar-refractivity contribution in [1.29, 1.82) is 0 Å². The van der Waals surface area contributed by atoms with Gasteiger partial charge in [-0.1, -0.05) is 43.6 Å². The third-order valence-corrected chi connectivity index (χ3v) is 5.50. The zero-order valence-corrected chi connectivity index (χ0v) is 16.1. The van der Waals surface area contributed by atoms with Gasteiger partial charge in [-0.15, -0.1) is 0 Å². The molecule has 2 aromatic carbocycles. The van der Waals surface area contributed by atoms with E-state index in [1.54, 1.807) is 25.3 Å². The zero-order valence-electron chi connectivity index (χ0n) is 15.3. The number of hydrogen-bond donors (Lipinski definition) is 1. The molecule has 3 rings (SSSR count). The van der Waals surface area contributed by atoms with E-state index < -0.39 is 0 Å². The Morgan fingerprint density at radius 3 is 2.65 bits per heavy atom. The molecule has 1 N–H and O–H groups in total. The van der Waals surface area contributed by atoms with Crippen LogP contribution in [0.4, 0.5) is 0 Å². The number of hydrogen-bond acceptors (Lipinski definition) is 3. The van der Waals surface area contributed by atoms with Crippen LogP contribution >= 0.6 is 11.6 Å². The third-order valence-electron chi connectivity index (χ3n) is 5.21. The summed E-state index contributed by atoms with van der Waals surface area (Å²) in [4.78, 5) is 12.8. The Morgan fingerprint density at radius 1 is 1.27 bits per heavy atom. The molecule has 1 atom stereocenters. The smallest absolute Gasteiger partial charge is 0.251 e. The number of benzene rings is 2. The van der Waals surface area contributed by atoms with Gasteiger partial charge in [-0.3, -0.25) is 4.79 Å². The number of ether oxygens (including phenoxy) is 2. The second-order valence-corrected chi connectivity index (χ2v) is 7.02. The van der Waals surface area contributed by atoms with Crippen molar-refractivity contribution in [1.82, 2.24) is 5.32 Å². The topological polar surface area (TPSA) is 47.6 Å². The highest BCUT2D eigenvalue weighted by atomic mass is 35.5. The summed E-state index contributed by atoms with van der Waals surface area (Å²) in [5.41, 5.74) is 1.26. The molecule has 0 spiro atoms. The molecule has 0 fully saturated rings. The lowest BCUT2D eigenvalue weighted by molar-refractivity contribution is 0.0227. The van der Waals surface area contributed by atoms with Gasteiger partial charge < -0.3 is 14.8 Å². The maximum atomic E-state index is 12.8. The second kappa shape index (κ2) is 7.58. The second-order valence-electron chi connectivity index (χ2n) is 6.61. The summed E-state index contributed by atoms with van der Waals surface area (Å²) in [6, 6.07) is 12.9. The van der Waals surface area contributed by atoms with Crippen LogP contribution in [0.2, 0.25) is 5.02 Å². The number of fused-ring (bicyclic) bond motifs is 1. The van der Waals surface area contributed by atoms with E-state index in [0.717, 1.165) is 30.6 Å². The van der Waals surface area contributed by atoms with Gasteiger partial charge in [0.05, 0.1) is 18.2 Å². The fraction of sp³-hybridized carbons (Fsp3) is 0.381. The third kappa shape index (κ3) is 3.51. The van der Waals surface area contributed by atoms with E-state index in [2.05, 4.69) is 19.2 Å². The molecule has 0 saturated carbocycles. The molecule has 1 aliphatic heterocycles. The quantitative estimate of drug-likeness (QED) is 0.787. The number of amides is 1. The van der Waals surface area contributed by atoms with Crippen LogP contribution in [0.5, 0.6) is 11.5 Å². The molecule has 0 radical (unpaired) electrons. The molecule has 138 valence electrons. The van der Waals surface area contributed by atoms with Crippen molar-refractivity contribution in [2.24, 2.45) is 0 Å². The predicted octanol–water partition coefficient (Wildman–Crippen LogP) is 5.16. The van der Waals surface area contributed by atoms with Crippen molar-refractivity contribution in [3.05, 3.63) is 58.6 Å². The first-order chi connectivity index (χ1) is 12.5. The van der Waals surface area contributed by atoms with E-state index in [0.29, 0.717) is 16.3 Å². The number of carbonyl (C=O) groups excluding carboxylic acids is 1. The monoisotopic (exact) mass is 373 g/mol. The summed E-state index contributed by atoms with van der Waals surface area (Å²) in [5.74, 6) is 1.24. The van der Waals surface area contributed by atoms with Gasteiger partial charge >= 0.3 is 0 Å². The lowest BCUT2D eigenvalue weighted by Gasteiger charge is -2.41. The number of rotatable bonds is 5. The average Bonchev–Trinajstić information content (AvgIpc) is 2.67. The maximum absolute atomic E-state index is 12.8. The Labute approximate surface area is 159 Å². The molecule has 0 bridgehead atoms. The molecular formula is C21H24ClNO3. The van der Waals surface area contributed by atoms with E-state index >= 15 is 0 Å². The molecule has 1 heterocycles. The van der Waals surface area contributed by atoms with Crippen molar-refractivity contribution >= 4 is 17.5 Å². The number of para-hydroxylation sites is 1. The van der Waals surface area contributed by atoms with Crippen molar-refractivity contribution in [2.45, 2.75) is 44.8 Å². The maximum Gasteiger partial charge on any atom is 0.251 e. The van der Waals surface area contributed by atoms with Crippen molar-refractivity contribution in [3.8, 4) is 11.5 Å². The molecule has 2 aromatic rings. The molecule has 1 amide bonds. The number of halogens is 1. The van der Waals surface area contributed by atoms with Crippen LogP contribution in [-0.4, -0.2) is 18.6 Å². The van der Waals surface area contributed by atoms with E-state index in [1.165, 1.54) is 0 Å². The van der Waals surface area contributed by atoms with Crippen LogP contribution in [0.3, 0.4) is 0 Å². The van der Waals surface area contributed by atoms with Gasteiger partial charge in [-0.25, -0.2) is 0 Å². The standard InChI is InChI=1S/C21H24ClNO3/c1-4-21(5-2)13-17(15-8-6-7-9-18(15)26-21)23-20(24)14-10-11-19(25-3)16(22)12-14/h6-12,17H,4-5,13H2,1-3H3,(H,23,24)/t17-/m1/s1. The molecule has 1 aliphatic rings. The van der Waals surface area contributed by atoms with Gasteiger partial charge in [0.15, 0.2) is 0 Å². The summed E-state index contributed by atoms with van der Waals surface area (Å²) in [6.45, 7) is 4.25. The van der Waals surface area contributed by atoms with Crippen LogP contribution in [0.15, 0.2) is 42.5 Å². The minimum absolute atomic E-state index is 0.103. The summed E-state index contributed by atoms with van der Waals surface area (Å²) in [6.07, 6.45) is 2.52. The first kappa shape index (κ1) is 18.6. The van der Waals surface area contributed by atoms with Gasteiger partial charge in [0.25, 0.3) is 5.91 Å². The van der Waals surface area contributed by atoms with Crippen LogP contribution in [0.1, 0.15) is 55.1 Å². The Kier molecular flexibility index (Phi) is 5.42. The van der Waals surface area contributed by atoms with Gasteiger partial charge in [0.1, 0.15) is 17.1 Å². The average molecular weight is 374 g/mol. The molecule has 0 saturated heterocycles. The fourth-order valence-electron chi connectivity index (χ4n) is 3.48. The minimum Gasteiger partial charge on any atom is -0.495 e. The van der Waals surface area contributed by atoms with Gasteiger partial charge in [0, 0.05) is 17.5 Å². The van der Waals surface area contributed by atoms with Crippen molar-refractivity contribution < 1.29 is 14.3 Å². The fourth-order valence-corrected chi connectivity index (χ4v) is 3.74. The number of carbonyl (C=O) groups is 1. The summed E-state index contributed by atoms with van der Waals surface area (Å²) < 4.78 is 11.4. The highest BCUT2D eigenvalue weighted by molar-refractivity contribution is 6.32. The SMILES string of the molecule is CCC1(CC)C[C@@H](NC(=O)c2ccc(OC)c(Cl)c2)c2ccccc2O1. The predicted molar refractivity (Wildman–Crippen MR) is 103 cm³/mol. The Balaban J connectivity index is 1.88. The molecular weight excluding hydrogens is 350 g/mol. The van der Waals surface area contributed by atoms with E-state index in [9.17, 15) is 4.79 Å². The highest BCUT2D eigenvalue weighted by Crippen LogP contribution is 2.42. The first-order valence-electron chi connectivity index (χ1n) is 8.94. The normalized spacial score (nSPS) is 17.8. The van der Waals surface area contributed by atoms with E-state index in [-0.39, 0.29) is 17.6 Å². The van der Waals surface area contributed by atoms with Crippen LogP contribution in [-0.2, 0) is 0 Å². The van der Waals surface area contributed by atoms with Crippen molar-refractivity contribution in [2.75, 3.05) is 7.11 Å². The molecule has 26 heavy (non-hydrogen) atoms. The van der Waals surface area contributed by atoms with Crippen molar-refractivity contribution in [3.63, 3.8) is 0 Å². The Bertz CT molecular complexity index is 802. The summed E-state index contributed by atoms with van der Waals surface area (Å²) in [5, 5.41) is 3.58. The molecule has 0 unspecified atom stereocenters. The van der Waals surface area contributed by atoms with E-state index in [4.69, 9.17) is 21.1 Å². The minimum atomic E-state index is -0.260. The summed E-state index contributed by atoms with van der Waals surface area (Å²) in [7, 11) is 1.55. The molecule has 0 aromatic heterocycles. The van der Waals surface area contributed by atoms with Gasteiger partial charge in [-0.2, -0.15) is 0 Å². The number of methoxy groups -OCH3 is 1. The molecule has 4 nitrogen and oxygen atoms in total. The van der Waals surface area contributed by atoms with Crippen LogP contribution < -0.4 is 14.8 Å². The van der Waals surface area contributed by atoms with Crippen LogP contribution in [0, 0.1) is 0 Å². The highest BCUT2D eigenvalue weighted by Gasteiger charge is 2.39. The Hall–Kier alpha value is -2.20. The zero-order chi connectivity index (χ0) is 18.7. The first-order valence-corrected chi connectivity index (χ1v) is 9.32. The Morgan fingerprint density at radius 2 is 2.00 bits per heavy atom. The van der Waals surface area contributed by atoms with E-state index in [1.807, 2.05) is 24.3 Å². The lowest BCUT2D eigenvalue weighted by atomic mass is 9.83. The van der Waals surface area contributed by atoms with Crippen LogP contribution in [0.25, 0.3) is 0 Å². The molecule has 0 aliphatic carbocycles. The summed E-state index contributed by atoms with van der Waals surface area (Å²) >= 11 is 6.16. The number of nitrogens with one attached hydrogen (secondary N) is 1.